The highest BCUT2D eigenvalue weighted by atomic mass is 35.5. The van der Waals surface area contributed by atoms with Crippen molar-refractivity contribution >= 4 is 11.6 Å². The van der Waals surface area contributed by atoms with Crippen molar-refractivity contribution in [3.63, 3.8) is 0 Å². The van der Waals surface area contributed by atoms with Crippen LogP contribution in [-0.2, 0) is 0 Å². The molecule has 2 heteroatoms. The molecule has 0 bridgehead atoms. The van der Waals surface area contributed by atoms with Gasteiger partial charge in [-0.05, 0) is 18.2 Å². The lowest BCUT2D eigenvalue weighted by molar-refractivity contribution is 0.453. The van der Waals surface area contributed by atoms with Gasteiger partial charge in [0.15, 0.2) is 5.22 Å². The van der Waals surface area contributed by atoms with Crippen LogP contribution >= 0.6 is 11.6 Å². The average molecular weight is 77.5 g/mol. The first-order valence-corrected chi connectivity index (χ1v) is 1.08. The Morgan fingerprint density at radius 3 is 2.00 bits per heavy atom. The minimum atomic E-state index is -0.611. The SMILES string of the molecule is [CH]=C(O)Cl. The van der Waals surface area contributed by atoms with Gasteiger partial charge in [-0.15, -0.1) is 0 Å². The first-order valence-electron chi connectivity index (χ1n) is 0.701. The molecule has 23 valence electrons. The summed E-state index contributed by atoms with van der Waals surface area (Å²) in [7, 11) is 0. The van der Waals surface area contributed by atoms with Gasteiger partial charge in [0.1, 0.15) is 0 Å². The summed E-state index contributed by atoms with van der Waals surface area (Å²) in [5, 5.41) is 6.90. The molecule has 1 radical (unpaired) electrons. The molecule has 0 saturated heterocycles. The van der Waals surface area contributed by atoms with Crippen LogP contribution in [0, 0.1) is 6.58 Å². The highest BCUT2D eigenvalue weighted by Gasteiger charge is 1.59. The Kier molecular flexibility index (Phi) is 1.13. The third-order valence-corrected chi connectivity index (χ3v) is 0. The van der Waals surface area contributed by atoms with Gasteiger partial charge in [0.25, 0.3) is 0 Å². The first kappa shape index (κ1) is 3.83. The summed E-state index contributed by atoms with van der Waals surface area (Å²) in [6.45, 7) is 4.35. The zero-order chi connectivity index (χ0) is 3.58. The van der Waals surface area contributed by atoms with Crippen LogP contribution in [0.3, 0.4) is 0 Å². The van der Waals surface area contributed by atoms with Crippen molar-refractivity contribution in [2.24, 2.45) is 0 Å². The number of halogens is 1. The monoisotopic (exact) mass is 77.0 g/mol. The molecule has 0 fully saturated rings. The predicted molar refractivity (Wildman–Crippen MR) is 16.3 cm³/mol. The summed E-state index contributed by atoms with van der Waals surface area (Å²) in [5.41, 5.74) is 0. The third kappa shape index (κ3) is 43.6. The maximum Gasteiger partial charge on any atom is 0.184 e. The molecule has 0 heterocycles. The molecular weight excluding hydrogens is 75.5 g/mol. The lowest BCUT2D eigenvalue weighted by Crippen LogP contribution is -1.47. The Morgan fingerprint density at radius 1 is 2.00 bits per heavy atom. The summed E-state index contributed by atoms with van der Waals surface area (Å²) >= 11 is 4.52. The van der Waals surface area contributed by atoms with Crippen LogP contribution in [0.15, 0.2) is 5.22 Å². The van der Waals surface area contributed by atoms with E-state index in [9.17, 15) is 0 Å². The van der Waals surface area contributed by atoms with Gasteiger partial charge in [-0.2, -0.15) is 0 Å². The highest BCUT2D eigenvalue weighted by molar-refractivity contribution is 6.27. The molecule has 1 nitrogen and oxygen atoms in total. The fourth-order valence-electron chi connectivity index (χ4n) is 0. The van der Waals surface area contributed by atoms with E-state index in [1.807, 2.05) is 0 Å². The van der Waals surface area contributed by atoms with E-state index in [0.29, 0.717) is 0 Å². The molecule has 0 amide bonds. The van der Waals surface area contributed by atoms with E-state index in [0.717, 1.165) is 0 Å². The molecule has 1 N–H and O–H groups in total. The van der Waals surface area contributed by atoms with Crippen molar-refractivity contribution in [1.82, 2.24) is 0 Å². The van der Waals surface area contributed by atoms with Crippen molar-refractivity contribution in [3.05, 3.63) is 11.8 Å². The van der Waals surface area contributed by atoms with E-state index in [4.69, 9.17) is 5.11 Å². The van der Waals surface area contributed by atoms with Crippen molar-refractivity contribution < 1.29 is 5.11 Å². The van der Waals surface area contributed by atoms with Crippen LogP contribution in [0.5, 0.6) is 0 Å². The summed E-state index contributed by atoms with van der Waals surface area (Å²) < 4.78 is 0. The Hall–Kier alpha value is -0.170. The van der Waals surface area contributed by atoms with Crippen molar-refractivity contribution in [2.75, 3.05) is 0 Å². The molecule has 4 heavy (non-hydrogen) atoms. The Labute approximate surface area is 29.5 Å². The zero-order valence-electron chi connectivity index (χ0n) is 1.90. The Bertz CT molecular complexity index is 29.0. The van der Waals surface area contributed by atoms with Gasteiger partial charge in [-0.25, -0.2) is 0 Å². The second kappa shape index (κ2) is 1.18. The number of hydrogen-bond acceptors (Lipinski definition) is 1. The largest absolute Gasteiger partial charge is 0.499 e. The molecule has 0 aromatic rings. The van der Waals surface area contributed by atoms with Crippen LogP contribution in [0.4, 0.5) is 0 Å². The van der Waals surface area contributed by atoms with Gasteiger partial charge in [-0.1, -0.05) is 0 Å². The zero-order valence-corrected chi connectivity index (χ0v) is 2.66. The lowest BCUT2D eigenvalue weighted by atomic mass is 11.2. The van der Waals surface area contributed by atoms with Crippen LogP contribution < -0.4 is 0 Å². The third-order valence-electron chi connectivity index (χ3n) is 0. The van der Waals surface area contributed by atoms with Gasteiger partial charge < -0.3 is 5.11 Å². The number of rotatable bonds is 0. The fraction of sp³-hybridized carbons (Fsp3) is 0. The number of aliphatic hydroxyl groups is 1. The van der Waals surface area contributed by atoms with Gasteiger partial charge >= 0.3 is 0 Å². The average Bonchev–Trinajstić information content (AvgIpc) is 0.811. The maximum atomic E-state index is 7.52. The lowest BCUT2D eigenvalue weighted by Gasteiger charge is -1.63. The summed E-state index contributed by atoms with van der Waals surface area (Å²) in [5.74, 6) is 0. The topological polar surface area (TPSA) is 20.2 Å². The molecule has 0 aliphatic heterocycles. The van der Waals surface area contributed by atoms with E-state index in [2.05, 4.69) is 18.2 Å². The molecule has 0 unspecified atom stereocenters. The number of hydrogen-bond donors (Lipinski definition) is 1. The molecular formula is C2H2ClO. The highest BCUT2D eigenvalue weighted by Crippen LogP contribution is 1.81. The van der Waals surface area contributed by atoms with Gasteiger partial charge in [0.2, 0.25) is 0 Å². The van der Waals surface area contributed by atoms with Crippen molar-refractivity contribution in [1.29, 1.82) is 0 Å². The van der Waals surface area contributed by atoms with Crippen LogP contribution in [0.25, 0.3) is 0 Å². The minimum absolute atomic E-state index is 0.611. The quantitative estimate of drug-likeness (QED) is 0.429. The van der Waals surface area contributed by atoms with E-state index < -0.39 is 5.22 Å². The summed E-state index contributed by atoms with van der Waals surface area (Å²) in [6, 6.07) is 0. The van der Waals surface area contributed by atoms with Crippen molar-refractivity contribution in [3.8, 4) is 0 Å². The van der Waals surface area contributed by atoms with E-state index >= 15 is 0 Å². The minimum Gasteiger partial charge on any atom is -0.499 e. The van der Waals surface area contributed by atoms with E-state index in [1.165, 1.54) is 0 Å². The number of aliphatic hydroxyl groups excluding tert-OH is 1. The smallest absolute Gasteiger partial charge is 0.184 e. The summed E-state index contributed by atoms with van der Waals surface area (Å²) in [6.07, 6.45) is 0. The molecule has 0 saturated carbocycles. The predicted octanol–water partition coefficient (Wildman–Crippen LogP) is 1.06. The van der Waals surface area contributed by atoms with Crippen molar-refractivity contribution in [2.45, 2.75) is 0 Å². The molecule has 0 aliphatic carbocycles. The molecule has 0 aliphatic rings. The Morgan fingerprint density at radius 2 is 2.00 bits per heavy atom. The molecule has 0 spiro atoms. The van der Waals surface area contributed by atoms with Crippen LogP contribution in [-0.4, -0.2) is 5.11 Å². The normalized spacial score (nSPS) is 6.25. The second-order valence-corrected chi connectivity index (χ2v) is 0.710. The van der Waals surface area contributed by atoms with Gasteiger partial charge in [-0.3, -0.25) is 0 Å². The Balaban J connectivity index is 2.80. The van der Waals surface area contributed by atoms with Gasteiger partial charge in [0.05, 0.1) is 0 Å². The van der Waals surface area contributed by atoms with Gasteiger partial charge in [0, 0.05) is 0 Å². The summed E-state index contributed by atoms with van der Waals surface area (Å²) in [4.78, 5) is 0. The molecule has 0 rings (SSSR count). The van der Waals surface area contributed by atoms with E-state index in [1.54, 1.807) is 0 Å². The first-order chi connectivity index (χ1) is 1.73. The molecule has 0 aromatic carbocycles. The van der Waals surface area contributed by atoms with Crippen LogP contribution in [0.2, 0.25) is 0 Å². The molecule has 0 aromatic heterocycles. The fourth-order valence-corrected chi connectivity index (χ4v) is 0. The van der Waals surface area contributed by atoms with Crippen LogP contribution in [0.1, 0.15) is 0 Å². The van der Waals surface area contributed by atoms with E-state index in [-0.39, 0.29) is 0 Å². The second-order valence-electron chi connectivity index (χ2n) is 0.323. The molecule has 0 atom stereocenters. The maximum absolute atomic E-state index is 7.52. The standard InChI is InChI=1S/C2H2ClO/c1-2(3)4/h1,4H.